The van der Waals surface area contributed by atoms with E-state index in [4.69, 9.17) is 12.2 Å². The van der Waals surface area contributed by atoms with Crippen LogP contribution in [0, 0.1) is 0 Å². The van der Waals surface area contributed by atoms with Crippen molar-refractivity contribution in [3.05, 3.63) is 28.2 Å². The quantitative estimate of drug-likeness (QED) is 0.455. The molecule has 3 N–H and O–H groups in total. The molecule has 92 valence electrons. The van der Waals surface area contributed by atoms with Gasteiger partial charge in [-0.3, -0.25) is 5.43 Å². The third-order valence-electron chi connectivity index (χ3n) is 2.01. The number of phenols is 1. The SMILES string of the molecule is CCNC(=S)N/N=C(\C)c1cc(Br)ccc1O. The van der Waals surface area contributed by atoms with Gasteiger partial charge in [0.2, 0.25) is 0 Å². The lowest BCUT2D eigenvalue weighted by atomic mass is 10.1. The van der Waals surface area contributed by atoms with Gasteiger partial charge in [-0.05, 0) is 44.3 Å². The van der Waals surface area contributed by atoms with Crippen LogP contribution in [0.5, 0.6) is 5.75 Å². The van der Waals surface area contributed by atoms with Crippen LogP contribution in [0.1, 0.15) is 19.4 Å². The van der Waals surface area contributed by atoms with E-state index in [0.717, 1.165) is 11.0 Å². The smallest absolute Gasteiger partial charge is 0.186 e. The van der Waals surface area contributed by atoms with Crippen LogP contribution >= 0.6 is 28.1 Å². The Kier molecular flexibility index (Phi) is 5.37. The summed E-state index contributed by atoms with van der Waals surface area (Å²) in [5.74, 6) is 0.186. The molecule has 0 fully saturated rings. The van der Waals surface area contributed by atoms with Crippen LogP contribution < -0.4 is 10.7 Å². The monoisotopic (exact) mass is 315 g/mol. The van der Waals surface area contributed by atoms with E-state index in [2.05, 4.69) is 31.8 Å². The van der Waals surface area contributed by atoms with Crippen molar-refractivity contribution >= 4 is 39.0 Å². The first-order valence-electron chi connectivity index (χ1n) is 5.11. The Balaban J connectivity index is 2.81. The zero-order chi connectivity index (χ0) is 12.8. The number of hydrogen-bond donors (Lipinski definition) is 3. The molecule has 1 aromatic rings. The summed E-state index contributed by atoms with van der Waals surface area (Å²) in [5.41, 5.74) is 4.03. The van der Waals surface area contributed by atoms with E-state index < -0.39 is 0 Å². The molecular formula is C11H14BrN3OS. The molecular weight excluding hydrogens is 302 g/mol. The lowest BCUT2D eigenvalue weighted by Gasteiger charge is -2.07. The molecule has 0 unspecified atom stereocenters. The molecule has 0 aliphatic carbocycles. The Morgan fingerprint density at radius 1 is 1.53 bits per heavy atom. The highest BCUT2D eigenvalue weighted by Gasteiger charge is 2.05. The lowest BCUT2D eigenvalue weighted by molar-refractivity contribution is 0.474. The molecule has 1 rings (SSSR count). The van der Waals surface area contributed by atoms with Gasteiger partial charge in [0.15, 0.2) is 5.11 Å². The summed E-state index contributed by atoms with van der Waals surface area (Å²) < 4.78 is 0.883. The molecule has 6 heteroatoms. The number of hydrogen-bond acceptors (Lipinski definition) is 3. The van der Waals surface area contributed by atoms with Crippen LogP contribution in [0.4, 0.5) is 0 Å². The maximum absolute atomic E-state index is 9.70. The van der Waals surface area contributed by atoms with Crippen molar-refractivity contribution < 1.29 is 5.11 Å². The highest BCUT2D eigenvalue weighted by molar-refractivity contribution is 9.10. The van der Waals surface area contributed by atoms with E-state index in [9.17, 15) is 5.11 Å². The van der Waals surface area contributed by atoms with Crippen molar-refractivity contribution in [2.45, 2.75) is 13.8 Å². The minimum absolute atomic E-state index is 0.186. The molecule has 0 heterocycles. The van der Waals surface area contributed by atoms with Gasteiger partial charge in [-0.25, -0.2) is 0 Å². The fourth-order valence-corrected chi connectivity index (χ4v) is 1.74. The Bertz CT molecular complexity index is 448. The van der Waals surface area contributed by atoms with Crippen LogP contribution in [-0.2, 0) is 0 Å². The molecule has 17 heavy (non-hydrogen) atoms. The van der Waals surface area contributed by atoms with E-state index in [-0.39, 0.29) is 5.75 Å². The van der Waals surface area contributed by atoms with Crippen molar-refractivity contribution in [2.24, 2.45) is 5.10 Å². The topological polar surface area (TPSA) is 56.7 Å². The number of halogens is 1. The van der Waals surface area contributed by atoms with Crippen LogP contribution in [0.2, 0.25) is 0 Å². The van der Waals surface area contributed by atoms with Crippen LogP contribution in [0.15, 0.2) is 27.8 Å². The Morgan fingerprint density at radius 3 is 2.88 bits per heavy atom. The van der Waals surface area contributed by atoms with E-state index >= 15 is 0 Å². The molecule has 0 amide bonds. The molecule has 0 saturated carbocycles. The molecule has 0 bridgehead atoms. The summed E-state index contributed by atoms with van der Waals surface area (Å²) in [4.78, 5) is 0. The zero-order valence-corrected chi connectivity index (χ0v) is 12.0. The fourth-order valence-electron chi connectivity index (χ4n) is 1.19. The van der Waals surface area contributed by atoms with E-state index in [1.807, 2.05) is 6.92 Å². The minimum atomic E-state index is 0.186. The summed E-state index contributed by atoms with van der Waals surface area (Å²) in [6.07, 6.45) is 0. The number of benzene rings is 1. The fraction of sp³-hybridized carbons (Fsp3) is 0.273. The predicted octanol–water partition coefficient (Wildman–Crippen LogP) is 2.36. The maximum atomic E-state index is 9.70. The van der Waals surface area contributed by atoms with Crippen molar-refractivity contribution in [1.29, 1.82) is 0 Å². The van der Waals surface area contributed by atoms with Crippen molar-refractivity contribution in [3.63, 3.8) is 0 Å². The summed E-state index contributed by atoms with van der Waals surface area (Å²) >= 11 is 8.32. The molecule has 1 aromatic carbocycles. The summed E-state index contributed by atoms with van der Waals surface area (Å²) in [7, 11) is 0. The van der Waals surface area contributed by atoms with Gasteiger partial charge in [0.05, 0.1) is 5.71 Å². The largest absolute Gasteiger partial charge is 0.507 e. The maximum Gasteiger partial charge on any atom is 0.186 e. The third-order valence-corrected chi connectivity index (χ3v) is 2.74. The molecule has 0 atom stereocenters. The summed E-state index contributed by atoms with van der Waals surface area (Å²) in [6.45, 7) is 4.48. The number of thiocarbonyl (C=S) groups is 1. The first kappa shape index (κ1) is 13.9. The highest BCUT2D eigenvalue weighted by atomic mass is 79.9. The number of aromatic hydroxyl groups is 1. The van der Waals surface area contributed by atoms with Crippen LogP contribution in [-0.4, -0.2) is 22.5 Å². The molecule has 0 saturated heterocycles. The number of nitrogens with one attached hydrogen (secondary N) is 2. The third kappa shape index (κ3) is 4.32. The number of hydrazone groups is 1. The average molecular weight is 316 g/mol. The molecule has 0 aliphatic rings. The van der Waals surface area contributed by atoms with Gasteiger partial charge in [0.1, 0.15) is 5.75 Å². The van der Waals surface area contributed by atoms with E-state index in [1.165, 1.54) is 0 Å². The Hall–Kier alpha value is -1.14. The van der Waals surface area contributed by atoms with Gasteiger partial charge in [0.25, 0.3) is 0 Å². The predicted molar refractivity (Wildman–Crippen MR) is 77.4 cm³/mol. The van der Waals surface area contributed by atoms with Crippen LogP contribution in [0.25, 0.3) is 0 Å². The van der Waals surface area contributed by atoms with Gasteiger partial charge in [0, 0.05) is 16.6 Å². The minimum Gasteiger partial charge on any atom is -0.507 e. The second kappa shape index (κ2) is 6.56. The number of nitrogens with zero attached hydrogens (tertiary/aromatic N) is 1. The number of phenolic OH excluding ortho intramolecular Hbond substituents is 1. The average Bonchev–Trinajstić information content (AvgIpc) is 2.29. The molecule has 4 nitrogen and oxygen atoms in total. The standard InChI is InChI=1S/C11H14BrN3OS/c1-3-13-11(17)15-14-7(2)9-6-8(12)4-5-10(9)16/h4-6,16H,3H2,1-2H3,(H2,13,15,17)/b14-7+. The molecule has 0 spiro atoms. The lowest BCUT2D eigenvalue weighted by Crippen LogP contribution is -2.32. The Labute approximate surface area is 114 Å². The van der Waals surface area contributed by atoms with Crippen molar-refractivity contribution in [2.75, 3.05) is 6.54 Å². The number of rotatable bonds is 3. The van der Waals surface area contributed by atoms with Crippen LogP contribution in [0.3, 0.4) is 0 Å². The first-order chi connectivity index (χ1) is 8.04. The van der Waals surface area contributed by atoms with Crippen molar-refractivity contribution in [1.82, 2.24) is 10.7 Å². The van der Waals surface area contributed by atoms with Gasteiger partial charge < -0.3 is 10.4 Å². The van der Waals surface area contributed by atoms with Gasteiger partial charge >= 0.3 is 0 Å². The highest BCUT2D eigenvalue weighted by Crippen LogP contribution is 2.22. The molecule has 0 radical (unpaired) electrons. The Morgan fingerprint density at radius 2 is 2.24 bits per heavy atom. The first-order valence-corrected chi connectivity index (χ1v) is 6.31. The molecule has 0 aromatic heterocycles. The normalized spacial score (nSPS) is 11.1. The van der Waals surface area contributed by atoms with Gasteiger partial charge in [-0.1, -0.05) is 15.9 Å². The zero-order valence-electron chi connectivity index (χ0n) is 9.62. The second-order valence-corrected chi connectivity index (χ2v) is 4.65. The van der Waals surface area contributed by atoms with E-state index in [1.54, 1.807) is 25.1 Å². The summed E-state index contributed by atoms with van der Waals surface area (Å²) in [6, 6.07) is 5.18. The van der Waals surface area contributed by atoms with Gasteiger partial charge in [-0.15, -0.1) is 0 Å². The summed E-state index contributed by atoms with van der Waals surface area (Å²) in [5, 5.41) is 17.2. The molecule has 0 aliphatic heterocycles. The second-order valence-electron chi connectivity index (χ2n) is 3.33. The van der Waals surface area contributed by atoms with Gasteiger partial charge in [-0.2, -0.15) is 5.10 Å². The van der Waals surface area contributed by atoms with E-state index in [0.29, 0.717) is 16.4 Å². The van der Waals surface area contributed by atoms with Crippen molar-refractivity contribution in [3.8, 4) is 5.75 Å².